The Morgan fingerprint density at radius 1 is 1.26 bits per heavy atom. The summed E-state index contributed by atoms with van der Waals surface area (Å²) < 4.78 is 5.80. The fourth-order valence-corrected chi connectivity index (χ4v) is 2.63. The number of piperidine rings is 1. The van der Waals surface area contributed by atoms with Crippen molar-refractivity contribution in [2.45, 2.75) is 26.7 Å². The Bertz CT molecular complexity index is 371. The average Bonchev–Trinajstić information content (AvgIpc) is 2.41. The van der Waals surface area contributed by atoms with E-state index in [4.69, 9.17) is 16.3 Å². The Morgan fingerprint density at radius 2 is 1.89 bits per heavy atom. The summed E-state index contributed by atoms with van der Waals surface area (Å²) in [4.78, 5) is 2.57. The van der Waals surface area contributed by atoms with E-state index in [1.807, 2.05) is 24.3 Å². The fraction of sp³-hybridized carbons (Fsp3) is 0.625. The van der Waals surface area contributed by atoms with Crippen LogP contribution in [0.4, 0.5) is 0 Å². The van der Waals surface area contributed by atoms with Gasteiger partial charge in [-0.25, -0.2) is 0 Å². The maximum absolute atomic E-state index is 5.85. The first-order chi connectivity index (χ1) is 9.13. The highest BCUT2D eigenvalue weighted by Gasteiger charge is 2.17. The number of rotatable bonds is 5. The average molecular weight is 282 g/mol. The summed E-state index contributed by atoms with van der Waals surface area (Å²) in [5, 5.41) is 0.753. The third-order valence-corrected chi connectivity index (χ3v) is 4.05. The Balaban J connectivity index is 1.69. The van der Waals surface area contributed by atoms with Gasteiger partial charge in [-0.15, -0.1) is 0 Å². The molecule has 1 saturated heterocycles. The first-order valence-electron chi connectivity index (χ1n) is 7.24. The highest BCUT2D eigenvalue weighted by molar-refractivity contribution is 6.30. The molecule has 1 fully saturated rings. The Hall–Kier alpha value is -0.730. The Morgan fingerprint density at radius 3 is 2.53 bits per heavy atom. The SMILES string of the molecule is CC1CCN(C[C@@H](C)COc2ccc(Cl)cc2)CC1. The Kier molecular flexibility index (Phi) is 5.53. The maximum atomic E-state index is 5.85. The van der Waals surface area contributed by atoms with E-state index in [1.54, 1.807) is 0 Å². The van der Waals surface area contributed by atoms with E-state index in [0.717, 1.165) is 29.8 Å². The second kappa shape index (κ2) is 7.16. The lowest BCUT2D eigenvalue weighted by atomic mass is 9.98. The number of hydrogen-bond donors (Lipinski definition) is 0. The molecular weight excluding hydrogens is 258 g/mol. The van der Waals surface area contributed by atoms with Gasteiger partial charge in [0, 0.05) is 17.5 Å². The monoisotopic (exact) mass is 281 g/mol. The first-order valence-corrected chi connectivity index (χ1v) is 7.62. The number of nitrogens with zero attached hydrogens (tertiary/aromatic N) is 1. The van der Waals surface area contributed by atoms with Crippen LogP contribution in [0.2, 0.25) is 5.02 Å². The smallest absolute Gasteiger partial charge is 0.119 e. The van der Waals surface area contributed by atoms with Crippen LogP contribution >= 0.6 is 11.6 Å². The van der Waals surface area contributed by atoms with Gasteiger partial charge in [-0.1, -0.05) is 25.4 Å². The molecule has 0 spiro atoms. The van der Waals surface area contributed by atoms with Crippen LogP contribution in [0.5, 0.6) is 5.75 Å². The second-order valence-corrected chi connectivity index (χ2v) is 6.29. The molecule has 1 atom stereocenters. The third kappa shape index (κ3) is 5.04. The largest absolute Gasteiger partial charge is 0.493 e. The van der Waals surface area contributed by atoms with Crippen LogP contribution in [-0.4, -0.2) is 31.1 Å². The molecule has 0 bridgehead atoms. The third-order valence-electron chi connectivity index (χ3n) is 3.79. The standard InChI is InChI=1S/C16H24ClNO/c1-13-7-9-18(10-8-13)11-14(2)12-19-16-5-3-15(17)4-6-16/h3-6,13-14H,7-12H2,1-2H3/t14-/m1/s1. The van der Waals surface area contributed by atoms with Crippen LogP contribution in [0.15, 0.2) is 24.3 Å². The van der Waals surface area contributed by atoms with Crippen LogP contribution in [0.1, 0.15) is 26.7 Å². The van der Waals surface area contributed by atoms with Crippen molar-refractivity contribution < 1.29 is 4.74 Å². The van der Waals surface area contributed by atoms with Gasteiger partial charge in [-0.05, 0) is 56.1 Å². The minimum absolute atomic E-state index is 0.559. The van der Waals surface area contributed by atoms with Crippen molar-refractivity contribution in [3.63, 3.8) is 0 Å². The van der Waals surface area contributed by atoms with E-state index >= 15 is 0 Å². The molecule has 1 aromatic carbocycles. The summed E-state index contributed by atoms with van der Waals surface area (Å²) in [6.45, 7) is 9.01. The van der Waals surface area contributed by atoms with Gasteiger partial charge < -0.3 is 9.64 Å². The van der Waals surface area contributed by atoms with Gasteiger partial charge in [-0.3, -0.25) is 0 Å². The van der Waals surface area contributed by atoms with Crippen molar-refractivity contribution in [1.82, 2.24) is 4.90 Å². The van der Waals surface area contributed by atoms with Crippen LogP contribution < -0.4 is 4.74 Å². The van der Waals surface area contributed by atoms with Gasteiger partial charge >= 0.3 is 0 Å². The molecule has 19 heavy (non-hydrogen) atoms. The highest BCUT2D eigenvalue weighted by Crippen LogP contribution is 2.18. The molecule has 106 valence electrons. The zero-order valence-electron chi connectivity index (χ0n) is 11.9. The van der Waals surface area contributed by atoms with Gasteiger partial charge in [0.05, 0.1) is 6.61 Å². The van der Waals surface area contributed by atoms with E-state index < -0.39 is 0 Å². The summed E-state index contributed by atoms with van der Waals surface area (Å²) in [5.74, 6) is 2.37. The molecule has 1 aliphatic heterocycles. The quantitative estimate of drug-likeness (QED) is 0.806. The molecule has 0 radical (unpaired) electrons. The van der Waals surface area contributed by atoms with Crippen LogP contribution in [-0.2, 0) is 0 Å². The highest BCUT2D eigenvalue weighted by atomic mass is 35.5. The molecule has 1 aliphatic rings. The molecule has 0 unspecified atom stereocenters. The van der Waals surface area contributed by atoms with E-state index in [2.05, 4.69) is 18.7 Å². The van der Waals surface area contributed by atoms with Crippen LogP contribution in [0.25, 0.3) is 0 Å². The summed E-state index contributed by atoms with van der Waals surface area (Å²) in [6.07, 6.45) is 2.68. The minimum Gasteiger partial charge on any atom is -0.493 e. The number of hydrogen-bond acceptors (Lipinski definition) is 2. The molecule has 0 saturated carbocycles. The lowest BCUT2D eigenvalue weighted by Crippen LogP contribution is -2.37. The minimum atomic E-state index is 0.559. The van der Waals surface area contributed by atoms with Crippen LogP contribution in [0, 0.1) is 11.8 Å². The van der Waals surface area contributed by atoms with E-state index in [-0.39, 0.29) is 0 Å². The van der Waals surface area contributed by atoms with Gasteiger partial charge in [0.25, 0.3) is 0 Å². The van der Waals surface area contributed by atoms with Crippen molar-refractivity contribution in [3.8, 4) is 5.75 Å². The first kappa shape index (κ1) is 14.7. The van der Waals surface area contributed by atoms with Gasteiger partial charge in [0.15, 0.2) is 0 Å². The number of likely N-dealkylation sites (tertiary alicyclic amines) is 1. The van der Waals surface area contributed by atoms with Crippen molar-refractivity contribution >= 4 is 11.6 Å². The summed E-state index contributed by atoms with van der Waals surface area (Å²) in [5.41, 5.74) is 0. The molecule has 0 amide bonds. The molecule has 0 aliphatic carbocycles. The molecule has 0 N–H and O–H groups in total. The molecule has 0 aromatic heterocycles. The van der Waals surface area contributed by atoms with Gasteiger partial charge in [0.1, 0.15) is 5.75 Å². The topological polar surface area (TPSA) is 12.5 Å². The van der Waals surface area contributed by atoms with Crippen molar-refractivity contribution in [2.75, 3.05) is 26.2 Å². The molecule has 2 rings (SSSR count). The lowest BCUT2D eigenvalue weighted by Gasteiger charge is -2.32. The van der Waals surface area contributed by atoms with Crippen molar-refractivity contribution in [1.29, 1.82) is 0 Å². The zero-order chi connectivity index (χ0) is 13.7. The van der Waals surface area contributed by atoms with Gasteiger partial charge in [0.2, 0.25) is 0 Å². The van der Waals surface area contributed by atoms with Gasteiger partial charge in [-0.2, -0.15) is 0 Å². The second-order valence-electron chi connectivity index (χ2n) is 5.85. The number of ether oxygens (including phenoxy) is 1. The summed E-state index contributed by atoms with van der Waals surface area (Å²) >= 11 is 5.85. The molecule has 1 aromatic rings. The Labute approximate surface area is 121 Å². The van der Waals surface area contributed by atoms with Crippen LogP contribution in [0.3, 0.4) is 0 Å². The predicted molar refractivity (Wildman–Crippen MR) is 80.9 cm³/mol. The maximum Gasteiger partial charge on any atom is 0.119 e. The lowest BCUT2D eigenvalue weighted by molar-refractivity contribution is 0.146. The molecule has 3 heteroatoms. The molecular formula is C16H24ClNO. The zero-order valence-corrected chi connectivity index (χ0v) is 12.7. The fourth-order valence-electron chi connectivity index (χ4n) is 2.51. The molecule has 2 nitrogen and oxygen atoms in total. The van der Waals surface area contributed by atoms with E-state index in [9.17, 15) is 0 Å². The van der Waals surface area contributed by atoms with E-state index in [0.29, 0.717) is 5.92 Å². The normalized spacial score (nSPS) is 19.3. The van der Waals surface area contributed by atoms with Crippen molar-refractivity contribution in [2.24, 2.45) is 11.8 Å². The molecule has 1 heterocycles. The number of halogens is 1. The number of benzene rings is 1. The van der Waals surface area contributed by atoms with E-state index in [1.165, 1.54) is 25.9 Å². The predicted octanol–water partition coefficient (Wildman–Crippen LogP) is 4.09. The summed E-state index contributed by atoms with van der Waals surface area (Å²) in [6, 6.07) is 7.59. The summed E-state index contributed by atoms with van der Waals surface area (Å²) in [7, 11) is 0. The van der Waals surface area contributed by atoms with Crippen molar-refractivity contribution in [3.05, 3.63) is 29.3 Å².